The zero-order valence-corrected chi connectivity index (χ0v) is 15.5. The molecule has 0 spiro atoms. The molecule has 6 nitrogen and oxygen atoms in total. The number of rotatable bonds is 5. The van der Waals surface area contributed by atoms with Crippen molar-refractivity contribution in [3.05, 3.63) is 41.5 Å². The van der Waals surface area contributed by atoms with Crippen LogP contribution in [0.2, 0.25) is 0 Å². The molecule has 0 aliphatic carbocycles. The first-order chi connectivity index (χ1) is 12.2. The number of piperidine rings is 1. The predicted octanol–water partition coefficient (Wildman–Crippen LogP) is 3.13. The minimum Gasteiger partial charge on any atom is -0.444 e. The summed E-state index contributed by atoms with van der Waals surface area (Å²) in [6, 6.07) is 7.71. The Morgan fingerprint density at radius 2 is 2.12 bits per heavy atom. The fourth-order valence-corrected chi connectivity index (χ4v) is 2.68. The fourth-order valence-electron chi connectivity index (χ4n) is 2.68. The van der Waals surface area contributed by atoms with Crippen LogP contribution in [0.25, 0.3) is 6.08 Å². The maximum atomic E-state index is 12.0. The number of alkyl carbamates (subject to hydrolysis) is 1. The lowest BCUT2D eigenvalue weighted by Gasteiger charge is -2.21. The molecule has 2 rings (SSSR count). The minimum atomic E-state index is -0.504. The highest BCUT2D eigenvalue weighted by Crippen LogP contribution is 2.25. The summed E-state index contributed by atoms with van der Waals surface area (Å²) in [5.41, 5.74) is 1.38. The second-order valence-corrected chi connectivity index (χ2v) is 7.29. The molecule has 1 heterocycles. The Bertz CT molecular complexity index is 704. The van der Waals surface area contributed by atoms with Gasteiger partial charge in [0.05, 0.1) is 5.92 Å². The van der Waals surface area contributed by atoms with Gasteiger partial charge in [0.2, 0.25) is 11.8 Å². The van der Waals surface area contributed by atoms with E-state index >= 15 is 0 Å². The van der Waals surface area contributed by atoms with Gasteiger partial charge in [0.1, 0.15) is 5.60 Å². The lowest BCUT2D eigenvalue weighted by Crippen LogP contribution is -2.39. The highest BCUT2D eigenvalue weighted by Gasteiger charge is 2.27. The van der Waals surface area contributed by atoms with Crippen molar-refractivity contribution in [1.82, 2.24) is 10.6 Å². The highest BCUT2D eigenvalue weighted by molar-refractivity contribution is 6.00. The van der Waals surface area contributed by atoms with Gasteiger partial charge >= 0.3 is 6.09 Å². The van der Waals surface area contributed by atoms with E-state index in [1.807, 2.05) is 57.2 Å². The molecule has 2 N–H and O–H groups in total. The van der Waals surface area contributed by atoms with Gasteiger partial charge in [-0.3, -0.25) is 14.9 Å². The van der Waals surface area contributed by atoms with Crippen LogP contribution in [0, 0.1) is 0 Å². The number of carbonyl (C=O) groups is 3. The summed E-state index contributed by atoms with van der Waals surface area (Å²) >= 11 is 0. The molecule has 1 atom stereocenters. The molecule has 1 fully saturated rings. The molecule has 1 aliphatic heterocycles. The first kappa shape index (κ1) is 19.7. The third kappa shape index (κ3) is 6.35. The first-order valence-corrected chi connectivity index (χ1v) is 8.81. The Hall–Kier alpha value is -2.63. The van der Waals surface area contributed by atoms with E-state index in [0.29, 0.717) is 25.8 Å². The number of ether oxygens (including phenoxy) is 1. The van der Waals surface area contributed by atoms with Crippen molar-refractivity contribution in [2.45, 2.75) is 51.6 Å². The van der Waals surface area contributed by atoms with Crippen molar-refractivity contribution in [3.8, 4) is 0 Å². The molecule has 0 aromatic heterocycles. The van der Waals surface area contributed by atoms with Crippen LogP contribution in [0.3, 0.4) is 0 Å². The normalized spacial score (nSPS) is 17.9. The van der Waals surface area contributed by atoms with Crippen LogP contribution in [0.4, 0.5) is 4.79 Å². The lowest BCUT2D eigenvalue weighted by molar-refractivity contribution is -0.134. The van der Waals surface area contributed by atoms with Crippen molar-refractivity contribution in [1.29, 1.82) is 0 Å². The monoisotopic (exact) mass is 358 g/mol. The smallest absolute Gasteiger partial charge is 0.407 e. The molecule has 6 heteroatoms. The van der Waals surface area contributed by atoms with Gasteiger partial charge in [-0.1, -0.05) is 36.4 Å². The van der Waals surface area contributed by atoms with Crippen LogP contribution in [-0.2, 0) is 14.3 Å². The van der Waals surface area contributed by atoms with Gasteiger partial charge in [0, 0.05) is 13.0 Å². The van der Waals surface area contributed by atoms with Gasteiger partial charge in [-0.2, -0.15) is 0 Å². The summed E-state index contributed by atoms with van der Waals surface area (Å²) in [7, 11) is 0. The van der Waals surface area contributed by atoms with Crippen molar-refractivity contribution < 1.29 is 19.1 Å². The zero-order chi connectivity index (χ0) is 19.2. The van der Waals surface area contributed by atoms with Gasteiger partial charge in [-0.15, -0.1) is 0 Å². The van der Waals surface area contributed by atoms with Crippen LogP contribution >= 0.6 is 0 Å². The Balaban J connectivity index is 1.84. The minimum absolute atomic E-state index is 0.209. The quantitative estimate of drug-likeness (QED) is 0.625. The van der Waals surface area contributed by atoms with Crippen molar-refractivity contribution in [2.75, 3.05) is 6.54 Å². The van der Waals surface area contributed by atoms with E-state index in [2.05, 4.69) is 10.6 Å². The third-order valence-corrected chi connectivity index (χ3v) is 3.84. The van der Waals surface area contributed by atoms with E-state index < -0.39 is 11.7 Å². The Morgan fingerprint density at radius 1 is 1.35 bits per heavy atom. The fraction of sp³-hybridized carbons (Fsp3) is 0.450. The SMILES string of the molecule is CC(C)(C)OC(=O)NCC/C=C/c1cccc(C2CCC(=O)NC2=O)c1. The van der Waals surface area contributed by atoms with E-state index in [9.17, 15) is 14.4 Å². The molecule has 140 valence electrons. The lowest BCUT2D eigenvalue weighted by atomic mass is 9.89. The van der Waals surface area contributed by atoms with Crippen molar-refractivity contribution in [2.24, 2.45) is 0 Å². The van der Waals surface area contributed by atoms with Gasteiger partial charge < -0.3 is 10.1 Å². The number of benzene rings is 1. The molecule has 1 saturated heterocycles. The van der Waals surface area contributed by atoms with Crippen molar-refractivity contribution in [3.63, 3.8) is 0 Å². The van der Waals surface area contributed by atoms with Gasteiger partial charge in [0.25, 0.3) is 0 Å². The summed E-state index contributed by atoms with van der Waals surface area (Å²) in [5, 5.41) is 5.09. The van der Waals surface area contributed by atoms with Crippen LogP contribution < -0.4 is 10.6 Å². The van der Waals surface area contributed by atoms with Gasteiger partial charge in [-0.05, 0) is 44.7 Å². The number of hydrogen-bond donors (Lipinski definition) is 2. The maximum absolute atomic E-state index is 12.0. The molecular formula is C20H26N2O4. The standard InChI is InChI=1S/C20H26N2O4/c1-20(2,3)26-19(25)21-12-5-4-7-14-8-6-9-15(13-14)16-10-11-17(23)22-18(16)24/h4,6-9,13,16H,5,10-12H2,1-3H3,(H,21,25)(H,22,23,24)/b7-4+. The van der Waals surface area contributed by atoms with Crippen LogP contribution in [-0.4, -0.2) is 30.1 Å². The number of nitrogens with one attached hydrogen (secondary N) is 2. The molecule has 1 aromatic carbocycles. The molecule has 1 unspecified atom stereocenters. The maximum Gasteiger partial charge on any atom is 0.407 e. The highest BCUT2D eigenvalue weighted by atomic mass is 16.6. The Kier molecular flexibility index (Phi) is 6.55. The van der Waals surface area contributed by atoms with E-state index in [1.165, 1.54) is 0 Å². The van der Waals surface area contributed by atoms with Crippen LogP contribution in [0.5, 0.6) is 0 Å². The molecule has 0 saturated carbocycles. The topological polar surface area (TPSA) is 84.5 Å². The molecule has 26 heavy (non-hydrogen) atoms. The number of amides is 3. The largest absolute Gasteiger partial charge is 0.444 e. The predicted molar refractivity (Wildman–Crippen MR) is 99.5 cm³/mol. The molecule has 1 aliphatic rings. The molecule has 0 bridgehead atoms. The summed E-state index contributed by atoms with van der Waals surface area (Å²) < 4.78 is 5.17. The molecule has 3 amide bonds. The van der Waals surface area contributed by atoms with Crippen LogP contribution in [0.1, 0.15) is 57.1 Å². The van der Waals surface area contributed by atoms with Gasteiger partial charge in [0.15, 0.2) is 0 Å². The Labute approximate surface area is 154 Å². The van der Waals surface area contributed by atoms with E-state index in [1.54, 1.807) is 0 Å². The summed E-state index contributed by atoms with van der Waals surface area (Å²) in [6.07, 6.45) is 5.06. The molecule has 1 aromatic rings. The number of hydrogen-bond acceptors (Lipinski definition) is 4. The van der Waals surface area contributed by atoms with E-state index in [4.69, 9.17) is 4.74 Å². The number of carbonyl (C=O) groups excluding carboxylic acids is 3. The average Bonchev–Trinajstić information content (AvgIpc) is 2.53. The molecular weight excluding hydrogens is 332 g/mol. The Morgan fingerprint density at radius 3 is 2.81 bits per heavy atom. The van der Waals surface area contributed by atoms with Crippen LogP contribution in [0.15, 0.2) is 30.3 Å². The number of imide groups is 1. The second kappa shape index (κ2) is 8.65. The summed E-state index contributed by atoms with van der Waals surface area (Å²) in [5.74, 6) is -0.724. The summed E-state index contributed by atoms with van der Waals surface area (Å²) in [4.78, 5) is 34.8. The summed E-state index contributed by atoms with van der Waals surface area (Å²) in [6.45, 7) is 5.95. The van der Waals surface area contributed by atoms with E-state index in [-0.39, 0.29) is 17.7 Å². The average molecular weight is 358 g/mol. The first-order valence-electron chi connectivity index (χ1n) is 8.81. The third-order valence-electron chi connectivity index (χ3n) is 3.84. The second-order valence-electron chi connectivity index (χ2n) is 7.29. The zero-order valence-electron chi connectivity index (χ0n) is 15.5. The van der Waals surface area contributed by atoms with Gasteiger partial charge in [-0.25, -0.2) is 4.79 Å². The van der Waals surface area contributed by atoms with Crippen molar-refractivity contribution >= 4 is 24.0 Å². The molecule has 0 radical (unpaired) electrons. The van der Waals surface area contributed by atoms with E-state index in [0.717, 1.165) is 11.1 Å².